The van der Waals surface area contributed by atoms with Crippen molar-refractivity contribution in [1.29, 1.82) is 0 Å². The van der Waals surface area contributed by atoms with Crippen molar-refractivity contribution in [2.75, 3.05) is 12.4 Å². The van der Waals surface area contributed by atoms with Gasteiger partial charge in [0.25, 0.3) is 0 Å². The Morgan fingerprint density at radius 3 is 2.69 bits per heavy atom. The van der Waals surface area contributed by atoms with Crippen LogP contribution in [-0.2, 0) is 6.42 Å². The van der Waals surface area contributed by atoms with Crippen LogP contribution >= 0.6 is 11.6 Å². The monoisotopic (exact) mass is 197 g/mol. The highest BCUT2D eigenvalue weighted by Crippen LogP contribution is 2.10. The predicted octanol–water partition coefficient (Wildman–Crippen LogP) is 1.61. The Kier molecular flexibility index (Phi) is 3.93. The Hall–Kier alpha value is -0.860. The SMILES string of the molecule is NCCc1ccccc1C(=O)CCl. The third-order valence-electron chi connectivity index (χ3n) is 1.85. The summed E-state index contributed by atoms with van der Waals surface area (Å²) in [5.41, 5.74) is 7.11. The fourth-order valence-corrected chi connectivity index (χ4v) is 1.38. The first kappa shape index (κ1) is 10.2. The molecule has 1 rings (SSSR count). The van der Waals surface area contributed by atoms with E-state index in [1.807, 2.05) is 18.2 Å². The number of benzene rings is 1. The van der Waals surface area contributed by atoms with Gasteiger partial charge in [0.2, 0.25) is 0 Å². The van der Waals surface area contributed by atoms with Crippen LogP contribution in [-0.4, -0.2) is 18.2 Å². The molecular weight excluding hydrogens is 186 g/mol. The molecule has 13 heavy (non-hydrogen) atoms. The van der Waals surface area contributed by atoms with E-state index in [9.17, 15) is 4.79 Å². The minimum absolute atomic E-state index is 0.0293. The van der Waals surface area contributed by atoms with Crippen molar-refractivity contribution < 1.29 is 4.79 Å². The molecular formula is C10H12ClNO. The minimum Gasteiger partial charge on any atom is -0.330 e. The van der Waals surface area contributed by atoms with E-state index in [0.29, 0.717) is 12.1 Å². The van der Waals surface area contributed by atoms with Crippen LogP contribution in [0.2, 0.25) is 0 Å². The van der Waals surface area contributed by atoms with Crippen LogP contribution in [0.25, 0.3) is 0 Å². The van der Waals surface area contributed by atoms with Crippen LogP contribution in [0, 0.1) is 0 Å². The van der Waals surface area contributed by atoms with E-state index in [-0.39, 0.29) is 11.7 Å². The van der Waals surface area contributed by atoms with Crippen LogP contribution in [0.4, 0.5) is 0 Å². The molecule has 0 saturated heterocycles. The van der Waals surface area contributed by atoms with Crippen LogP contribution in [0.5, 0.6) is 0 Å². The fraction of sp³-hybridized carbons (Fsp3) is 0.300. The molecule has 0 fully saturated rings. The second kappa shape index (κ2) is 5.00. The number of rotatable bonds is 4. The van der Waals surface area contributed by atoms with Gasteiger partial charge in [-0.1, -0.05) is 24.3 Å². The number of carbonyl (C=O) groups excluding carboxylic acids is 1. The van der Waals surface area contributed by atoms with Crippen LogP contribution in [0.3, 0.4) is 0 Å². The predicted molar refractivity (Wildman–Crippen MR) is 54.3 cm³/mol. The van der Waals surface area contributed by atoms with Crippen molar-refractivity contribution in [3.05, 3.63) is 35.4 Å². The lowest BCUT2D eigenvalue weighted by Gasteiger charge is -2.04. The smallest absolute Gasteiger partial charge is 0.177 e. The van der Waals surface area contributed by atoms with E-state index in [1.54, 1.807) is 6.07 Å². The van der Waals surface area contributed by atoms with Crippen molar-refractivity contribution in [3.63, 3.8) is 0 Å². The highest BCUT2D eigenvalue weighted by atomic mass is 35.5. The Morgan fingerprint density at radius 1 is 1.38 bits per heavy atom. The molecule has 0 aliphatic rings. The van der Waals surface area contributed by atoms with Gasteiger partial charge in [-0.15, -0.1) is 11.6 Å². The third-order valence-corrected chi connectivity index (χ3v) is 2.10. The number of hydrogen-bond donors (Lipinski definition) is 1. The van der Waals surface area contributed by atoms with Gasteiger partial charge in [0.1, 0.15) is 0 Å². The van der Waals surface area contributed by atoms with Crippen molar-refractivity contribution >= 4 is 17.4 Å². The number of hydrogen-bond acceptors (Lipinski definition) is 2. The summed E-state index contributed by atoms with van der Waals surface area (Å²) >= 11 is 5.48. The number of Topliss-reactive ketones (excluding diaryl/α,β-unsaturated/α-hetero) is 1. The van der Waals surface area contributed by atoms with Gasteiger partial charge >= 0.3 is 0 Å². The van der Waals surface area contributed by atoms with Crippen LogP contribution < -0.4 is 5.73 Å². The lowest BCUT2D eigenvalue weighted by molar-refractivity contribution is 0.102. The molecule has 0 bridgehead atoms. The van der Waals surface area contributed by atoms with E-state index < -0.39 is 0 Å². The van der Waals surface area contributed by atoms with Gasteiger partial charge in [0.15, 0.2) is 5.78 Å². The summed E-state index contributed by atoms with van der Waals surface area (Å²) < 4.78 is 0. The van der Waals surface area contributed by atoms with Crippen molar-refractivity contribution in [1.82, 2.24) is 0 Å². The van der Waals surface area contributed by atoms with E-state index in [4.69, 9.17) is 17.3 Å². The Balaban J connectivity index is 2.97. The van der Waals surface area contributed by atoms with Gasteiger partial charge in [0, 0.05) is 5.56 Å². The molecule has 0 heterocycles. The van der Waals surface area contributed by atoms with Gasteiger partial charge in [-0.25, -0.2) is 0 Å². The Morgan fingerprint density at radius 2 is 2.08 bits per heavy atom. The zero-order valence-corrected chi connectivity index (χ0v) is 8.05. The van der Waals surface area contributed by atoms with Gasteiger partial charge in [-0.3, -0.25) is 4.79 Å². The maximum atomic E-state index is 11.3. The molecule has 3 heteroatoms. The normalized spacial score (nSPS) is 10.0. The van der Waals surface area contributed by atoms with Gasteiger partial charge in [0.05, 0.1) is 5.88 Å². The maximum Gasteiger partial charge on any atom is 0.177 e. The highest BCUT2D eigenvalue weighted by Gasteiger charge is 2.07. The largest absolute Gasteiger partial charge is 0.330 e. The molecule has 2 nitrogen and oxygen atoms in total. The zero-order chi connectivity index (χ0) is 9.68. The first-order valence-electron chi connectivity index (χ1n) is 4.16. The van der Waals surface area contributed by atoms with Gasteiger partial charge in [-0.2, -0.15) is 0 Å². The summed E-state index contributed by atoms with van der Waals surface area (Å²) in [7, 11) is 0. The van der Waals surface area contributed by atoms with Crippen LogP contribution in [0.1, 0.15) is 15.9 Å². The second-order valence-electron chi connectivity index (χ2n) is 2.75. The first-order chi connectivity index (χ1) is 6.29. The summed E-state index contributed by atoms with van der Waals surface area (Å²) in [6.07, 6.45) is 0.721. The standard InChI is InChI=1S/C10H12ClNO/c11-7-10(13)9-4-2-1-3-8(9)5-6-12/h1-4H,5-7,12H2. The van der Waals surface area contributed by atoms with Crippen molar-refractivity contribution in [2.45, 2.75) is 6.42 Å². The number of alkyl halides is 1. The number of nitrogens with two attached hydrogens (primary N) is 1. The molecule has 0 aromatic heterocycles. The molecule has 0 spiro atoms. The molecule has 0 atom stereocenters. The Labute approximate surface area is 82.7 Å². The fourth-order valence-electron chi connectivity index (χ4n) is 1.24. The average molecular weight is 198 g/mol. The van der Waals surface area contributed by atoms with Crippen molar-refractivity contribution in [3.8, 4) is 0 Å². The van der Waals surface area contributed by atoms with E-state index in [2.05, 4.69) is 0 Å². The van der Waals surface area contributed by atoms with E-state index >= 15 is 0 Å². The lowest BCUT2D eigenvalue weighted by atomic mass is 10.0. The van der Waals surface area contributed by atoms with E-state index in [1.165, 1.54) is 0 Å². The molecule has 0 unspecified atom stereocenters. The topological polar surface area (TPSA) is 43.1 Å². The molecule has 1 aromatic carbocycles. The molecule has 1 aromatic rings. The third kappa shape index (κ3) is 2.54. The highest BCUT2D eigenvalue weighted by molar-refractivity contribution is 6.30. The van der Waals surface area contributed by atoms with Gasteiger partial charge in [-0.05, 0) is 18.5 Å². The average Bonchev–Trinajstić information content (AvgIpc) is 2.18. The molecule has 0 saturated carbocycles. The number of halogens is 1. The summed E-state index contributed by atoms with van der Waals surface area (Å²) in [6, 6.07) is 7.43. The lowest BCUT2D eigenvalue weighted by Crippen LogP contribution is -2.09. The summed E-state index contributed by atoms with van der Waals surface area (Å²) in [6.45, 7) is 0.548. The zero-order valence-electron chi connectivity index (χ0n) is 7.29. The number of carbonyl (C=O) groups is 1. The molecule has 0 aliphatic heterocycles. The Bertz CT molecular complexity index is 299. The first-order valence-corrected chi connectivity index (χ1v) is 4.70. The summed E-state index contributed by atoms with van der Waals surface area (Å²) in [5, 5.41) is 0. The van der Waals surface area contributed by atoms with Gasteiger partial charge < -0.3 is 5.73 Å². The summed E-state index contributed by atoms with van der Waals surface area (Å²) in [4.78, 5) is 11.3. The second-order valence-corrected chi connectivity index (χ2v) is 3.02. The molecule has 0 amide bonds. The molecule has 0 radical (unpaired) electrons. The van der Waals surface area contributed by atoms with Crippen molar-refractivity contribution in [2.24, 2.45) is 5.73 Å². The molecule has 0 aliphatic carbocycles. The van der Waals surface area contributed by atoms with E-state index in [0.717, 1.165) is 12.0 Å². The minimum atomic E-state index is -0.0364. The molecule has 70 valence electrons. The maximum absolute atomic E-state index is 11.3. The quantitative estimate of drug-likeness (QED) is 0.589. The van der Waals surface area contributed by atoms with Crippen LogP contribution in [0.15, 0.2) is 24.3 Å². The number of ketones is 1. The molecule has 2 N–H and O–H groups in total. The summed E-state index contributed by atoms with van der Waals surface area (Å²) in [5.74, 6) is -0.00702.